The third kappa shape index (κ3) is 1.33. The van der Waals surface area contributed by atoms with Gasteiger partial charge in [0, 0.05) is 11.8 Å². The van der Waals surface area contributed by atoms with Crippen LogP contribution in [-0.4, -0.2) is 11.6 Å². The molecule has 76 valence electrons. The zero-order valence-electron chi connectivity index (χ0n) is 7.90. The number of hydrogen-bond acceptors (Lipinski definition) is 2. The van der Waals surface area contributed by atoms with Crippen molar-refractivity contribution in [2.75, 3.05) is 0 Å². The molecule has 0 aromatic heterocycles. The van der Waals surface area contributed by atoms with Gasteiger partial charge in [-0.15, -0.1) is 0 Å². The lowest BCUT2D eigenvalue weighted by atomic mass is 10.0. The summed E-state index contributed by atoms with van der Waals surface area (Å²) < 4.78 is 12.7. The van der Waals surface area contributed by atoms with E-state index in [4.69, 9.17) is 0 Å². The highest BCUT2D eigenvalue weighted by Gasteiger charge is 2.49. The first-order chi connectivity index (χ1) is 7.25. The topological polar surface area (TPSA) is 41.5 Å². The van der Waals surface area contributed by atoms with Crippen molar-refractivity contribution in [1.82, 2.24) is 5.43 Å². The molecule has 0 unspecified atom stereocenters. The molecule has 4 heteroatoms. The van der Waals surface area contributed by atoms with Crippen LogP contribution >= 0.6 is 0 Å². The average Bonchev–Trinajstić information content (AvgIpc) is 3.01. The molecule has 1 N–H and O–H groups in total. The first-order valence-electron chi connectivity index (χ1n) is 4.89. The van der Waals surface area contributed by atoms with Crippen LogP contribution in [0.25, 0.3) is 0 Å². The Morgan fingerprint density at radius 2 is 2.00 bits per heavy atom. The van der Waals surface area contributed by atoms with Crippen molar-refractivity contribution in [3.63, 3.8) is 0 Å². The summed E-state index contributed by atoms with van der Waals surface area (Å²) in [5, 5.41) is 4.03. The molecule has 0 bridgehead atoms. The Labute approximate surface area is 86.0 Å². The third-order valence-corrected chi connectivity index (χ3v) is 2.90. The lowest BCUT2D eigenvalue weighted by molar-refractivity contribution is -0.122. The zero-order valence-corrected chi connectivity index (χ0v) is 7.90. The van der Waals surface area contributed by atoms with Crippen molar-refractivity contribution >= 4 is 11.6 Å². The Balaban J connectivity index is 1.95. The van der Waals surface area contributed by atoms with Gasteiger partial charge in [0.05, 0.1) is 5.71 Å². The van der Waals surface area contributed by atoms with Gasteiger partial charge in [-0.1, -0.05) is 12.1 Å². The Hall–Kier alpha value is -1.71. The number of fused-ring (bicyclic) bond motifs is 1. The van der Waals surface area contributed by atoms with Crippen LogP contribution in [0.2, 0.25) is 0 Å². The normalized spacial score (nSPS) is 27.8. The van der Waals surface area contributed by atoms with Crippen molar-refractivity contribution in [2.24, 2.45) is 16.9 Å². The number of rotatable bonds is 1. The third-order valence-electron chi connectivity index (χ3n) is 2.90. The van der Waals surface area contributed by atoms with E-state index in [1.165, 1.54) is 12.1 Å². The zero-order chi connectivity index (χ0) is 10.4. The Kier molecular flexibility index (Phi) is 1.65. The maximum absolute atomic E-state index is 12.7. The molecule has 1 aliphatic heterocycles. The highest BCUT2D eigenvalue weighted by atomic mass is 19.1. The van der Waals surface area contributed by atoms with Gasteiger partial charge in [0.25, 0.3) is 0 Å². The van der Waals surface area contributed by atoms with Gasteiger partial charge < -0.3 is 0 Å². The summed E-state index contributed by atoms with van der Waals surface area (Å²) >= 11 is 0. The van der Waals surface area contributed by atoms with Crippen LogP contribution in [0, 0.1) is 17.7 Å². The Morgan fingerprint density at radius 1 is 1.27 bits per heavy atom. The summed E-state index contributed by atoms with van der Waals surface area (Å²) in [6.45, 7) is 0. The van der Waals surface area contributed by atoms with E-state index >= 15 is 0 Å². The van der Waals surface area contributed by atoms with E-state index in [9.17, 15) is 9.18 Å². The van der Waals surface area contributed by atoms with E-state index in [-0.39, 0.29) is 23.6 Å². The monoisotopic (exact) mass is 204 g/mol. The largest absolute Gasteiger partial charge is 0.273 e. The lowest BCUT2D eigenvalue weighted by Gasteiger charge is -2.11. The lowest BCUT2D eigenvalue weighted by Crippen LogP contribution is -2.28. The molecule has 0 radical (unpaired) electrons. The summed E-state index contributed by atoms with van der Waals surface area (Å²) in [5.41, 5.74) is 4.26. The van der Waals surface area contributed by atoms with Gasteiger partial charge in [-0.25, -0.2) is 9.82 Å². The number of halogens is 1. The van der Waals surface area contributed by atoms with Crippen LogP contribution in [0.15, 0.2) is 29.4 Å². The summed E-state index contributed by atoms with van der Waals surface area (Å²) in [4.78, 5) is 11.2. The first-order valence-corrected chi connectivity index (χ1v) is 4.89. The van der Waals surface area contributed by atoms with Crippen LogP contribution in [0.4, 0.5) is 4.39 Å². The van der Waals surface area contributed by atoms with Gasteiger partial charge in [0.1, 0.15) is 5.82 Å². The fourth-order valence-corrected chi connectivity index (χ4v) is 1.97. The standard InChI is InChI=1S/C11H9FN2O/c12-7-3-1-6(2-4-7)10-8-5-9(8)11(15)14-13-10/h1-4,8-9H,5H2,(H,14,15)/t8-,9-/m1/s1. The predicted octanol–water partition coefficient (Wildman–Crippen LogP) is 1.30. The molecule has 1 aromatic rings. The SMILES string of the molecule is O=C1NN=C(c2ccc(F)cc2)[C@@H]2C[C@@H]12. The second-order valence-electron chi connectivity index (χ2n) is 3.93. The van der Waals surface area contributed by atoms with Crippen LogP contribution in [0.1, 0.15) is 12.0 Å². The molecule has 1 aliphatic carbocycles. The predicted molar refractivity (Wildman–Crippen MR) is 52.7 cm³/mol. The minimum atomic E-state index is -0.258. The number of hydrogen-bond donors (Lipinski definition) is 1. The molecular weight excluding hydrogens is 195 g/mol. The number of amides is 1. The van der Waals surface area contributed by atoms with Gasteiger partial charge >= 0.3 is 0 Å². The molecule has 15 heavy (non-hydrogen) atoms. The molecule has 0 spiro atoms. The summed E-state index contributed by atoms with van der Waals surface area (Å²) in [5.74, 6) is 0.0733. The molecule has 1 heterocycles. The number of nitrogens with zero attached hydrogens (tertiary/aromatic N) is 1. The molecule has 1 aromatic carbocycles. The number of nitrogens with one attached hydrogen (secondary N) is 1. The van der Waals surface area contributed by atoms with E-state index in [0.29, 0.717) is 0 Å². The van der Waals surface area contributed by atoms with Crippen LogP contribution < -0.4 is 5.43 Å². The highest BCUT2D eigenvalue weighted by Crippen LogP contribution is 2.43. The fourth-order valence-electron chi connectivity index (χ4n) is 1.97. The molecule has 1 saturated carbocycles. The van der Waals surface area contributed by atoms with Crippen molar-refractivity contribution in [3.05, 3.63) is 35.6 Å². The second-order valence-corrected chi connectivity index (χ2v) is 3.93. The van der Waals surface area contributed by atoms with Crippen LogP contribution in [0.3, 0.4) is 0 Å². The molecule has 2 atom stereocenters. The van der Waals surface area contributed by atoms with Crippen molar-refractivity contribution < 1.29 is 9.18 Å². The molecule has 0 saturated heterocycles. The molecule has 3 rings (SSSR count). The smallest absolute Gasteiger partial charge is 0.243 e. The Bertz CT molecular complexity index is 452. The van der Waals surface area contributed by atoms with E-state index < -0.39 is 0 Å². The Morgan fingerprint density at radius 3 is 2.73 bits per heavy atom. The minimum Gasteiger partial charge on any atom is -0.273 e. The fraction of sp³-hybridized carbons (Fsp3) is 0.273. The van der Waals surface area contributed by atoms with Crippen LogP contribution in [-0.2, 0) is 4.79 Å². The first kappa shape index (κ1) is 8.59. The van der Waals surface area contributed by atoms with E-state index in [2.05, 4.69) is 10.5 Å². The molecule has 1 amide bonds. The van der Waals surface area contributed by atoms with E-state index in [0.717, 1.165) is 17.7 Å². The molecule has 2 aliphatic rings. The van der Waals surface area contributed by atoms with Gasteiger partial charge in [0.15, 0.2) is 0 Å². The van der Waals surface area contributed by atoms with Gasteiger partial charge in [0.2, 0.25) is 5.91 Å². The number of carbonyl (C=O) groups excluding carboxylic acids is 1. The van der Waals surface area contributed by atoms with Crippen LogP contribution in [0.5, 0.6) is 0 Å². The summed E-state index contributed by atoms with van der Waals surface area (Å²) in [6.07, 6.45) is 0.863. The molecule has 3 nitrogen and oxygen atoms in total. The minimum absolute atomic E-state index is 0.00543. The van der Waals surface area contributed by atoms with Crippen molar-refractivity contribution in [1.29, 1.82) is 0 Å². The highest BCUT2D eigenvalue weighted by molar-refractivity contribution is 6.09. The average molecular weight is 204 g/mol. The quantitative estimate of drug-likeness (QED) is 0.736. The van der Waals surface area contributed by atoms with E-state index in [1.54, 1.807) is 12.1 Å². The van der Waals surface area contributed by atoms with E-state index in [1.807, 2.05) is 0 Å². The van der Waals surface area contributed by atoms with Crippen molar-refractivity contribution in [3.8, 4) is 0 Å². The maximum atomic E-state index is 12.7. The second kappa shape index (κ2) is 2.89. The van der Waals surface area contributed by atoms with Gasteiger partial charge in [-0.3, -0.25) is 4.79 Å². The number of carbonyl (C=O) groups is 1. The van der Waals surface area contributed by atoms with Gasteiger partial charge in [-0.05, 0) is 24.1 Å². The number of hydrazone groups is 1. The summed E-state index contributed by atoms with van der Waals surface area (Å²) in [6, 6.07) is 6.21. The van der Waals surface area contributed by atoms with Gasteiger partial charge in [-0.2, -0.15) is 5.10 Å². The molecule has 1 fully saturated rings. The molecular formula is C11H9FN2O. The number of benzene rings is 1. The maximum Gasteiger partial charge on any atom is 0.243 e. The van der Waals surface area contributed by atoms with Crippen molar-refractivity contribution in [2.45, 2.75) is 6.42 Å². The summed E-state index contributed by atoms with van der Waals surface area (Å²) in [7, 11) is 0.